The third-order valence-electron chi connectivity index (χ3n) is 6.65. The largest absolute Gasteiger partial charge is 0.343 e. The fourth-order valence-electron chi connectivity index (χ4n) is 4.89. The summed E-state index contributed by atoms with van der Waals surface area (Å²) in [6, 6.07) is 0.754. The summed E-state index contributed by atoms with van der Waals surface area (Å²) < 4.78 is 0. The molecule has 0 aromatic carbocycles. The van der Waals surface area contributed by atoms with Gasteiger partial charge >= 0.3 is 0 Å². The first-order valence-corrected chi connectivity index (χ1v) is 9.77. The van der Waals surface area contributed by atoms with Crippen molar-refractivity contribution < 1.29 is 9.59 Å². The topological polar surface area (TPSA) is 52.7 Å². The van der Waals surface area contributed by atoms with Crippen molar-refractivity contribution in [1.82, 2.24) is 15.1 Å². The van der Waals surface area contributed by atoms with Crippen LogP contribution in [0.3, 0.4) is 0 Å². The van der Waals surface area contributed by atoms with Crippen LogP contribution in [0.5, 0.6) is 0 Å². The van der Waals surface area contributed by atoms with Gasteiger partial charge in [0, 0.05) is 39.1 Å². The number of carbonyl (C=O) groups is 2. The Labute approximate surface area is 146 Å². The molecular formula is C19H33N3O2. The van der Waals surface area contributed by atoms with Gasteiger partial charge in [-0.15, -0.1) is 0 Å². The molecule has 2 amide bonds. The summed E-state index contributed by atoms with van der Waals surface area (Å²) in [5.74, 6) is 0.339. The van der Waals surface area contributed by atoms with Gasteiger partial charge in [-0.1, -0.05) is 25.7 Å². The Morgan fingerprint density at radius 1 is 0.958 bits per heavy atom. The van der Waals surface area contributed by atoms with Crippen molar-refractivity contribution in [2.24, 2.45) is 5.41 Å². The van der Waals surface area contributed by atoms with Gasteiger partial charge < -0.3 is 15.1 Å². The predicted molar refractivity (Wildman–Crippen MR) is 94.6 cm³/mol. The maximum Gasteiger partial charge on any atom is 0.230 e. The van der Waals surface area contributed by atoms with Crippen LogP contribution in [0.25, 0.3) is 0 Å². The minimum absolute atomic E-state index is 0.152. The number of hydrogen-bond donors (Lipinski definition) is 1. The zero-order chi connectivity index (χ0) is 17.2. The van der Waals surface area contributed by atoms with Crippen molar-refractivity contribution in [2.75, 3.05) is 27.2 Å². The van der Waals surface area contributed by atoms with E-state index in [4.69, 9.17) is 0 Å². The molecule has 1 aliphatic heterocycles. The van der Waals surface area contributed by atoms with E-state index >= 15 is 0 Å². The Morgan fingerprint density at radius 2 is 1.50 bits per heavy atom. The van der Waals surface area contributed by atoms with Crippen LogP contribution >= 0.6 is 0 Å². The lowest BCUT2D eigenvalue weighted by Gasteiger charge is -2.36. The minimum atomic E-state index is -0.527. The van der Waals surface area contributed by atoms with Crippen molar-refractivity contribution in [3.05, 3.63) is 0 Å². The lowest BCUT2D eigenvalue weighted by Crippen LogP contribution is -2.50. The molecule has 136 valence electrons. The average Bonchev–Trinajstić information content (AvgIpc) is 3.34. The standard InChI is InChI=1S/C19H33N3O2/c1-21(15-7-3-4-8-15)17(23)13-19(11-12-20-14-19)18(24)22(2)16-9-5-6-10-16/h15-16,20H,3-14H2,1-2H3. The molecule has 3 fully saturated rings. The van der Waals surface area contributed by atoms with Gasteiger partial charge in [0.1, 0.15) is 0 Å². The van der Waals surface area contributed by atoms with Crippen molar-refractivity contribution in [3.8, 4) is 0 Å². The van der Waals surface area contributed by atoms with Crippen molar-refractivity contribution >= 4 is 11.8 Å². The molecule has 3 aliphatic rings. The molecule has 1 heterocycles. The summed E-state index contributed by atoms with van der Waals surface area (Å²) in [5, 5.41) is 3.34. The average molecular weight is 335 g/mol. The molecule has 2 saturated carbocycles. The second-order valence-corrected chi connectivity index (χ2v) is 8.18. The smallest absolute Gasteiger partial charge is 0.230 e. The Hall–Kier alpha value is -1.10. The second kappa shape index (κ2) is 7.42. The molecule has 1 saturated heterocycles. The van der Waals surface area contributed by atoms with E-state index in [-0.39, 0.29) is 11.8 Å². The molecule has 0 bridgehead atoms. The van der Waals surface area contributed by atoms with E-state index in [1.54, 1.807) is 0 Å². The number of rotatable bonds is 5. The fourth-order valence-corrected chi connectivity index (χ4v) is 4.89. The van der Waals surface area contributed by atoms with Crippen LogP contribution in [0.4, 0.5) is 0 Å². The zero-order valence-corrected chi connectivity index (χ0v) is 15.4. The predicted octanol–water partition coefficient (Wildman–Crippen LogP) is 2.16. The molecule has 5 heteroatoms. The van der Waals surface area contributed by atoms with Crippen molar-refractivity contribution in [3.63, 3.8) is 0 Å². The number of amides is 2. The van der Waals surface area contributed by atoms with Crippen molar-refractivity contribution in [2.45, 2.75) is 76.3 Å². The molecule has 0 aromatic heterocycles. The first-order valence-electron chi connectivity index (χ1n) is 9.77. The Bertz CT molecular complexity index is 461. The molecule has 5 nitrogen and oxygen atoms in total. The van der Waals surface area contributed by atoms with Gasteiger partial charge in [-0.25, -0.2) is 0 Å². The Morgan fingerprint density at radius 3 is 2.00 bits per heavy atom. The summed E-state index contributed by atoms with van der Waals surface area (Å²) in [6.45, 7) is 1.48. The quantitative estimate of drug-likeness (QED) is 0.838. The molecular weight excluding hydrogens is 302 g/mol. The number of carbonyl (C=O) groups excluding carboxylic acids is 2. The Balaban J connectivity index is 1.68. The SMILES string of the molecule is CN(C(=O)CC1(C(=O)N(C)C2CCCC2)CCNC1)C1CCCC1. The van der Waals surface area contributed by atoms with Crippen LogP contribution in [0, 0.1) is 5.41 Å². The lowest BCUT2D eigenvalue weighted by atomic mass is 9.81. The first-order chi connectivity index (χ1) is 11.5. The van der Waals surface area contributed by atoms with Crippen LogP contribution in [-0.4, -0.2) is 60.9 Å². The van der Waals surface area contributed by atoms with Gasteiger partial charge in [0.2, 0.25) is 11.8 Å². The summed E-state index contributed by atoms with van der Waals surface area (Å²) in [5.41, 5.74) is -0.527. The van der Waals surface area contributed by atoms with E-state index in [9.17, 15) is 9.59 Å². The van der Waals surface area contributed by atoms with Gasteiger partial charge in [-0.05, 0) is 38.6 Å². The van der Waals surface area contributed by atoms with E-state index in [2.05, 4.69) is 5.32 Å². The van der Waals surface area contributed by atoms with Gasteiger partial charge in [-0.3, -0.25) is 9.59 Å². The van der Waals surface area contributed by atoms with Gasteiger partial charge in [-0.2, -0.15) is 0 Å². The van der Waals surface area contributed by atoms with Crippen LogP contribution < -0.4 is 5.32 Å². The summed E-state index contributed by atoms with van der Waals surface area (Å²) in [7, 11) is 3.88. The van der Waals surface area contributed by atoms with Gasteiger partial charge in [0.15, 0.2) is 0 Å². The summed E-state index contributed by atoms with van der Waals surface area (Å²) >= 11 is 0. The van der Waals surface area contributed by atoms with E-state index in [0.29, 0.717) is 25.0 Å². The van der Waals surface area contributed by atoms with Gasteiger partial charge in [0.05, 0.1) is 5.41 Å². The summed E-state index contributed by atoms with van der Waals surface area (Å²) in [6.07, 6.45) is 10.5. The van der Waals surface area contributed by atoms with E-state index in [1.807, 2.05) is 23.9 Å². The third kappa shape index (κ3) is 3.46. The maximum absolute atomic E-state index is 13.2. The van der Waals surface area contributed by atoms with Crippen LogP contribution in [0.15, 0.2) is 0 Å². The van der Waals surface area contributed by atoms with Crippen LogP contribution in [0.1, 0.15) is 64.2 Å². The van der Waals surface area contributed by atoms with Crippen LogP contribution in [-0.2, 0) is 9.59 Å². The molecule has 3 rings (SSSR count). The maximum atomic E-state index is 13.2. The molecule has 0 spiro atoms. The monoisotopic (exact) mass is 335 g/mol. The molecule has 1 atom stereocenters. The zero-order valence-electron chi connectivity index (χ0n) is 15.4. The number of nitrogens with one attached hydrogen (secondary N) is 1. The molecule has 0 aromatic rings. The van der Waals surface area contributed by atoms with E-state index < -0.39 is 5.41 Å². The second-order valence-electron chi connectivity index (χ2n) is 8.18. The third-order valence-corrected chi connectivity index (χ3v) is 6.65. The molecule has 1 unspecified atom stereocenters. The minimum Gasteiger partial charge on any atom is -0.343 e. The highest BCUT2D eigenvalue weighted by atomic mass is 16.2. The van der Waals surface area contributed by atoms with E-state index in [0.717, 1.165) is 38.6 Å². The molecule has 2 aliphatic carbocycles. The Kier molecular flexibility index (Phi) is 5.48. The van der Waals surface area contributed by atoms with Crippen LogP contribution in [0.2, 0.25) is 0 Å². The normalized spacial score (nSPS) is 28.4. The highest BCUT2D eigenvalue weighted by Gasteiger charge is 2.46. The molecule has 24 heavy (non-hydrogen) atoms. The number of hydrogen-bond acceptors (Lipinski definition) is 3. The summed E-state index contributed by atoms with van der Waals surface area (Å²) in [4.78, 5) is 30.0. The van der Waals surface area contributed by atoms with Gasteiger partial charge in [0.25, 0.3) is 0 Å². The fraction of sp³-hybridized carbons (Fsp3) is 0.895. The van der Waals surface area contributed by atoms with Crippen molar-refractivity contribution in [1.29, 1.82) is 0 Å². The number of nitrogens with zero attached hydrogens (tertiary/aromatic N) is 2. The molecule has 1 N–H and O–H groups in total. The van der Waals surface area contributed by atoms with E-state index in [1.165, 1.54) is 25.7 Å². The molecule has 0 radical (unpaired) electrons. The highest BCUT2D eigenvalue weighted by molar-refractivity contribution is 5.89. The first kappa shape index (κ1) is 17.7. The highest BCUT2D eigenvalue weighted by Crippen LogP contribution is 2.36. The lowest BCUT2D eigenvalue weighted by molar-refractivity contribution is -0.148.